The molecule has 0 saturated carbocycles. The van der Waals surface area contributed by atoms with E-state index in [2.05, 4.69) is 0 Å². The molecule has 3 N–H and O–H groups in total. The van der Waals surface area contributed by atoms with Gasteiger partial charge in [-0.15, -0.1) is 0 Å². The number of carbonyl (C=O) groups excluding carboxylic acids is 1. The van der Waals surface area contributed by atoms with Gasteiger partial charge in [0.15, 0.2) is 11.5 Å². The molecule has 0 bridgehead atoms. The van der Waals surface area contributed by atoms with Crippen LogP contribution in [0, 0.1) is 5.92 Å². The van der Waals surface area contributed by atoms with Crippen LogP contribution in [0.15, 0.2) is 18.2 Å². The van der Waals surface area contributed by atoms with Gasteiger partial charge in [-0.3, -0.25) is 9.59 Å². The summed E-state index contributed by atoms with van der Waals surface area (Å²) in [4.78, 5) is 25.1. The summed E-state index contributed by atoms with van der Waals surface area (Å²) in [6.07, 6.45) is 0. The van der Waals surface area contributed by atoms with E-state index in [0.29, 0.717) is 0 Å². The van der Waals surface area contributed by atoms with Gasteiger partial charge < -0.3 is 25.0 Å². The number of para-hydroxylation sites is 1. The Bertz CT molecular complexity index is 558. The standard InChI is InChI=1S/C14H17NO6/c1-2-15(10-7-21-6-9(10)14(19)20)13(18)8-4-3-5-11(16)12(8)17/h3-5,9-10,16-17H,2,6-7H2,1H3,(H,19,20). The SMILES string of the molecule is CCN(C(=O)c1cccc(O)c1O)C1COCC1C(=O)O. The molecule has 0 radical (unpaired) electrons. The summed E-state index contributed by atoms with van der Waals surface area (Å²) >= 11 is 0. The summed E-state index contributed by atoms with van der Waals surface area (Å²) in [5, 5.41) is 28.4. The van der Waals surface area contributed by atoms with Crippen molar-refractivity contribution in [2.45, 2.75) is 13.0 Å². The van der Waals surface area contributed by atoms with Gasteiger partial charge in [-0.2, -0.15) is 0 Å². The Morgan fingerprint density at radius 1 is 1.33 bits per heavy atom. The monoisotopic (exact) mass is 295 g/mol. The summed E-state index contributed by atoms with van der Waals surface area (Å²) in [6, 6.07) is 3.49. The largest absolute Gasteiger partial charge is 0.504 e. The smallest absolute Gasteiger partial charge is 0.311 e. The van der Waals surface area contributed by atoms with Crippen molar-refractivity contribution in [3.05, 3.63) is 23.8 Å². The lowest BCUT2D eigenvalue weighted by molar-refractivity contribution is -0.142. The number of hydrogen-bond donors (Lipinski definition) is 3. The maximum absolute atomic E-state index is 12.5. The molecule has 0 spiro atoms. The topological polar surface area (TPSA) is 107 Å². The Labute approximate surface area is 121 Å². The predicted molar refractivity (Wildman–Crippen MR) is 72.2 cm³/mol. The highest BCUT2D eigenvalue weighted by Gasteiger charge is 2.40. The Morgan fingerprint density at radius 3 is 2.67 bits per heavy atom. The van der Waals surface area contributed by atoms with E-state index in [4.69, 9.17) is 4.74 Å². The Hall–Kier alpha value is -2.28. The average Bonchev–Trinajstić information content (AvgIpc) is 2.92. The first-order valence-electron chi connectivity index (χ1n) is 6.59. The summed E-state index contributed by atoms with van der Waals surface area (Å²) in [6.45, 7) is 2.17. The molecule has 1 aliphatic rings. The highest BCUT2D eigenvalue weighted by Crippen LogP contribution is 2.30. The van der Waals surface area contributed by atoms with E-state index >= 15 is 0 Å². The van der Waals surface area contributed by atoms with E-state index in [0.717, 1.165) is 0 Å². The van der Waals surface area contributed by atoms with Gasteiger partial charge in [0.2, 0.25) is 0 Å². The van der Waals surface area contributed by atoms with Crippen LogP contribution in [0.4, 0.5) is 0 Å². The van der Waals surface area contributed by atoms with Crippen molar-refractivity contribution in [3.8, 4) is 11.5 Å². The van der Waals surface area contributed by atoms with Crippen molar-refractivity contribution in [1.29, 1.82) is 0 Å². The molecule has 0 aliphatic carbocycles. The molecular weight excluding hydrogens is 278 g/mol. The number of amides is 1. The van der Waals surface area contributed by atoms with Gasteiger partial charge in [-0.25, -0.2) is 0 Å². The molecule has 21 heavy (non-hydrogen) atoms. The number of aliphatic carboxylic acids is 1. The number of benzene rings is 1. The van der Waals surface area contributed by atoms with Crippen LogP contribution < -0.4 is 0 Å². The molecule has 1 aliphatic heterocycles. The number of phenolic OH excluding ortho intramolecular Hbond substituents is 2. The Morgan fingerprint density at radius 2 is 2.05 bits per heavy atom. The van der Waals surface area contributed by atoms with E-state index in [1.54, 1.807) is 6.92 Å². The van der Waals surface area contributed by atoms with Crippen molar-refractivity contribution in [2.24, 2.45) is 5.92 Å². The normalized spacial score (nSPS) is 21.2. The van der Waals surface area contributed by atoms with Crippen LogP contribution in [-0.4, -0.2) is 57.9 Å². The number of nitrogens with zero attached hydrogens (tertiary/aromatic N) is 1. The number of carboxylic acid groups (broad SMARTS) is 1. The fourth-order valence-electron chi connectivity index (χ4n) is 2.47. The number of carbonyl (C=O) groups is 2. The second kappa shape index (κ2) is 6.01. The predicted octanol–water partition coefficient (Wildman–Crippen LogP) is 0.659. The number of ether oxygens (including phenoxy) is 1. The number of aromatic hydroxyl groups is 2. The van der Waals surface area contributed by atoms with E-state index in [1.165, 1.54) is 23.1 Å². The Kier molecular flexibility index (Phi) is 4.32. The molecule has 0 aromatic heterocycles. The van der Waals surface area contributed by atoms with Crippen LogP contribution in [0.1, 0.15) is 17.3 Å². The molecule has 1 aromatic carbocycles. The maximum Gasteiger partial charge on any atom is 0.311 e. The number of likely N-dealkylation sites (N-methyl/N-ethyl adjacent to an activating group) is 1. The number of phenols is 2. The van der Waals surface area contributed by atoms with Crippen LogP contribution in [0.5, 0.6) is 11.5 Å². The molecule has 2 rings (SSSR count). The molecule has 2 atom stereocenters. The molecule has 1 saturated heterocycles. The van der Waals surface area contributed by atoms with Gasteiger partial charge in [-0.1, -0.05) is 6.07 Å². The zero-order valence-electron chi connectivity index (χ0n) is 11.5. The van der Waals surface area contributed by atoms with Crippen molar-refractivity contribution in [2.75, 3.05) is 19.8 Å². The molecule has 114 valence electrons. The highest BCUT2D eigenvalue weighted by molar-refractivity contribution is 5.98. The van der Waals surface area contributed by atoms with Gasteiger partial charge in [0, 0.05) is 6.54 Å². The third-order valence-corrected chi connectivity index (χ3v) is 3.61. The van der Waals surface area contributed by atoms with Crippen LogP contribution in [0.25, 0.3) is 0 Å². The summed E-state index contributed by atoms with van der Waals surface area (Å²) < 4.78 is 5.17. The minimum Gasteiger partial charge on any atom is -0.504 e. The molecule has 1 aromatic rings. The summed E-state index contributed by atoms with van der Waals surface area (Å²) in [5.74, 6) is -3.26. The van der Waals surface area contributed by atoms with Crippen molar-refractivity contribution in [3.63, 3.8) is 0 Å². The quantitative estimate of drug-likeness (QED) is 0.704. The lowest BCUT2D eigenvalue weighted by Crippen LogP contribution is -2.46. The van der Waals surface area contributed by atoms with Crippen molar-refractivity contribution < 1.29 is 29.6 Å². The van der Waals surface area contributed by atoms with E-state index in [1.807, 2.05) is 0 Å². The zero-order valence-corrected chi connectivity index (χ0v) is 11.5. The molecule has 2 unspecified atom stereocenters. The second-order valence-corrected chi connectivity index (χ2v) is 4.81. The second-order valence-electron chi connectivity index (χ2n) is 4.81. The van der Waals surface area contributed by atoms with Crippen LogP contribution in [0.2, 0.25) is 0 Å². The fourth-order valence-corrected chi connectivity index (χ4v) is 2.47. The van der Waals surface area contributed by atoms with Gasteiger partial charge in [0.25, 0.3) is 5.91 Å². The van der Waals surface area contributed by atoms with Crippen molar-refractivity contribution >= 4 is 11.9 Å². The van der Waals surface area contributed by atoms with Crippen LogP contribution in [0.3, 0.4) is 0 Å². The van der Waals surface area contributed by atoms with E-state index in [-0.39, 0.29) is 25.3 Å². The maximum atomic E-state index is 12.5. The number of carboxylic acids is 1. The van der Waals surface area contributed by atoms with E-state index < -0.39 is 35.3 Å². The fraction of sp³-hybridized carbons (Fsp3) is 0.429. The van der Waals surface area contributed by atoms with Gasteiger partial charge in [-0.05, 0) is 19.1 Å². The molecule has 1 heterocycles. The third kappa shape index (κ3) is 2.78. The lowest BCUT2D eigenvalue weighted by Gasteiger charge is -2.29. The van der Waals surface area contributed by atoms with Gasteiger partial charge in [0.05, 0.1) is 24.8 Å². The minimum absolute atomic E-state index is 0.0514. The first kappa shape index (κ1) is 15.1. The third-order valence-electron chi connectivity index (χ3n) is 3.61. The molecular formula is C14H17NO6. The van der Waals surface area contributed by atoms with E-state index in [9.17, 15) is 24.9 Å². The Balaban J connectivity index is 2.30. The molecule has 7 heteroatoms. The van der Waals surface area contributed by atoms with Gasteiger partial charge in [0.1, 0.15) is 5.92 Å². The molecule has 7 nitrogen and oxygen atoms in total. The number of rotatable bonds is 4. The highest BCUT2D eigenvalue weighted by atomic mass is 16.5. The van der Waals surface area contributed by atoms with Crippen molar-refractivity contribution in [1.82, 2.24) is 4.90 Å². The zero-order chi connectivity index (χ0) is 15.6. The first-order valence-corrected chi connectivity index (χ1v) is 6.59. The van der Waals surface area contributed by atoms with Crippen LogP contribution >= 0.6 is 0 Å². The first-order chi connectivity index (χ1) is 9.97. The molecule has 1 amide bonds. The summed E-state index contributed by atoms with van der Waals surface area (Å²) in [5.41, 5.74) is -0.0621. The van der Waals surface area contributed by atoms with Gasteiger partial charge >= 0.3 is 5.97 Å². The summed E-state index contributed by atoms with van der Waals surface area (Å²) in [7, 11) is 0. The average molecular weight is 295 g/mol. The molecule has 1 fully saturated rings. The number of hydrogen-bond acceptors (Lipinski definition) is 5. The van der Waals surface area contributed by atoms with Crippen LogP contribution in [-0.2, 0) is 9.53 Å². The lowest BCUT2D eigenvalue weighted by atomic mass is 10.0. The minimum atomic E-state index is -1.02.